The third kappa shape index (κ3) is 1.69. The number of hydrogen-bond acceptors (Lipinski definition) is 0. The van der Waals surface area contributed by atoms with Crippen LogP contribution in [0.3, 0.4) is 0 Å². The van der Waals surface area contributed by atoms with E-state index in [4.69, 9.17) is 0 Å². The van der Waals surface area contributed by atoms with Crippen molar-refractivity contribution in [1.82, 2.24) is 0 Å². The summed E-state index contributed by atoms with van der Waals surface area (Å²) in [6, 6.07) is 0. The summed E-state index contributed by atoms with van der Waals surface area (Å²) >= 11 is 0. The zero-order chi connectivity index (χ0) is 8.23. The predicted molar refractivity (Wildman–Crippen MR) is 53.0 cm³/mol. The van der Waals surface area contributed by atoms with Gasteiger partial charge in [-0.2, -0.15) is 0 Å². The highest BCUT2D eigenvalue weighted by Gasteiger charge is 2.07. The summed E-state index contributed by atoms with van der Waals surface area (Å²) in [7, 11) is 0. The van der Waals surface area contributed by atoms with Crippen molar-refractivity contribution < 1.29 is 0 Å². The Bertz CT molecular complexity index is 241. The predicted octanol–water partition coefficient (Wildman–Crippen LogP) is 3.76. The minimum absolute atomic E-state index is 1.17. The Kier molecular flexibility index (Phi) is 2.45. The van der Waals surface area contributed by atoms with Gasteiger partial charge in [0, 0.05) is 0 Å². The highest BCUT2D eigenvalue weighted by Crippen LogP contribution is 2.27. The molecule has 0 aromatic rings. The smallest absolute Gasteiger partial charge is 0.00948 e. The second-order valence-corrected chi connectivity index (χ2v) is 3.65. The molecule has 2 aliphatic rings. The van der Waals surface area contributed by atoms with Crippen LogP contribution in [0.25, 0.3) is 0 Å². The summed E-state index contributed by atoms with van der Waals surface area (Å²) in [5, 5.41) is 0. The fraction of sp³-hybridized carbons (Fsp3) is 0.500. The summed E-state index contributed by atoms with van der Waals surface area (Å²) in [6.07, 6.45) is 17.1. The van der Waals surface area contributed by atoms with Crippen LogP contribution < -0.4 is 0 Å². The third-order valence-electron chi connectivity index (χ3n) is 2.72. The van der Waals surface area contributed by atoms with Gasteiger partial charge in [-0.3, -0.25) is 0 Å². The average molecular weight is 160 g/mol. The van der Waals surface area contributed by atoms with Crippen molar-refractivity contribution >= 4 is 0 Å². The summed E-state index contributed by atoms with van der Waals surface area (Å²) in [4.78, 5) is 0. The lowest BCUT2D eigenvalue weighted by Gasteiger charge is -2.16. The van der Waals surface area contributed by atoms with E-state index >= 15 is 0 Å². The molecule has 0 aromatic carbocycles. The molecule has 0 saturated heterocycles. The molecule has 2 rings (SSSR count). The Morgan fingerprint density at radius 3 is 3.00 bits per heavy atom. The average Bonchev–Trinajstić information content (AvgIpc) is 2.06. The first-order chi connectivity index (χ1) is 5.97. The van der Waals surface area contributed by atoms with Crippen LogP contribution in [0.5, 0.6) is 0 Å². The van der Waals surface area contributed by atoms with E-state index in [1.54, 1.807) is 11.1 Å². The summed E-state index contributed by atoms with van der Waals surface area (Å²) in [5.74, 6) is 0. The van der Waals surface area contributed by atoms with E-state index in [0.717, 1.165) is 0 Å². The van der Waals surface area contributed by atoms with Crippen molar-refractivity contribution in [1.29, 1.82) is 0 Å². The Morgan fingerprint density at radius 2 is 2.00 bits per heavy atom. The summed E-state index contributed by atoms with van der Waals surface area (Å²) in [5.41, 5.74) is 3.19. The highest BCUT2D eigenvalue weighted by molar-refractivity contribution is 5.39. The molecule has 12 heavy (non-hydrogen) atoms. The van der Waals surface area contributed by atoms with Gasteiger partial charge in [0.05, 0.1) is 0 Å². The molecule has 0 heteroatoms. The molecule has 0 aliphatic heterocycles. The lowest BCUT2D eigenvalue weighted by molar-refractivity contribution is 0.669. The Hall–Kier alpha value is -0.780. The van der Waals surface area contributed by atoms with Gasteiger partial charge in [0.1, 0.15) is 0 Å². The lowest BCUT2D eigenvalue weighted by Crippen LogP contribution is -1.96. The molecule has 0 N–H and O–H groups in total. The van der Waals surface area contributed by atoms with E-state index in [1.165, 1.54) is 38.5 Å². The molecule has 0 fully saturated rings. The van der Waals surface area contributed by atoms with Crippen LogP contribution in [0, 0.1) is 0 Å². The molecule has 0 spiro atoms. The second kappa shape index (κ2) is 3.75. The van der Waals surface area contributed by atoms with E-state index in [1.807, 2.05) is 0 Å². The monoisotopic (exact) mass is 160 g/mol. The van der Waals surface area contributed by atoms with Crippen LogP contribution in [-0.4, -0.2) is 0 Å². The van der Waals surface area contributed by atoms with Crippen molar-refractivity contribution in [2.75, 3.05) is 0 Å². The summed E-state index contributed by atoms with van der Waals surface area (Å²) < 4.78 is 0. The zero-order valence-corrected chi connectivity index (χ0v) is 7.55. The molecule has 0 saturated carbocycles. The maximum absolute atomic E-state index is 2.44. The summed E-state index contributed by atoms with van der Waals surface area (Å²) in [6.45, 7) is 0. The van der Waals surface area contributed by atoms with Gasteiger partial charge in [-0.15, -0.1) is 0 Å². The van der Waals surface area contributed by atoms with Gasteiger partial charge < -0.3 is 0 Å². The van der Waals surface area contributed by atoms with Crippen LogP contribution in [0.1, 0.15) is 38.5 Å². The van der Waals surface area contributed by atoms with Gasteiger partial charge in [0.2, 0.25) is 0 Å². The largest absolute Gasteiger partial charge is 0.0807 e. The molecule has 0 unspecified atom stereocenters. The van der Waals surface area contributed by atoms with Crippen molar-refractivity contribution in [3.63, 3.8) is 0 Å². The zero-order valence-electron chi connectivity index (χ0n) is 7.55. The quantitative estimate of drug-likeness (QED) is 0.506. The molecule has 0 radical (unpaired) electrons. The molecule has 0 atom stereocenters. The van der Waals surface area contributed by atoms with Crippen molar-refractivity contribution in [2.45, 2.75) is 38.5 Å². The van der Waals surface area contributed by atoms with Crippen molar-refractivity contribution in [3.05, 3.63) is 35.5 Å². The van der Waals surface area contributed by atoms with Gasteiger partial charge in [-0.05, 0) is 43.3 Å². The van der Waals surface area contributed by atoms with E-state index < -0.39 is 0 Å². The molecule has 0 bridgehead atoms. The number of hydrogen-bond donors (Lipinski definition) is 0. The molecular weight excluding hydrogens is 144 g/mol. The fourth-order valence-electron chi connectivity index (χ4n) is 1.99. The van der Waals surface area contributed by atoms with Crippen LogP contribution in [0.15, 0.2) is 35.5 Å². The number of fused-ring (bicyclic) bond motifs is 1. The highest BCUT2D eigenvalue weighted by atomic mass is 14.1. The van der Waals surface area contributed by atoms with E-state index in [2.05, 4.69) is 24.3 Å². The molecule has 0 nitrogen and oxygen atoms in total. The molecule has 0 amide bonds. The number of allylic oxidation sites excluding steroid dienone is 6. The topological polar surface area (TPSA) is 0 Å². The lowest BCUT2D eigenvalue weighted by atomic mass is 9.90. The van der Waals surface area contributed by atoms with Gasteiger partial charge >= 0.3 is 0 Å². The number of rotatable bonds is 0. The van der Waals surface area contributed by atoms with Crippen LogP contribution >= 0.6 is 0 Å². The molecule has 64 valence electrons. The fourth-order valence-corrected chi connectivity index (χ4v) is 1.99. The first-order valence-electron chi connectivity index (χ1n) is 5.02. The van der Waals surface area contributed by atoms with Crippen LogP contribution in [0.2, 0.25) is 0 Å². The maximum Gasteiger partial charge on any atom is -0.00948 e. The standard InChI is InChI=1S/C12H16/c1-2-4-8-12-10-6-5-9-11(12)7-3-1/h5-7,10H,1-4,8-9H2. The van der Waals surface area contributed by atoms with Gasteiger partial charge in [-0.1, -0.05) is 30.7 Å². The Morgan fingerprint density at radius 1 is 1.00 bits per heavy atom. The Labute approximate surface area is 74.7 Å². The third-order valence-corrected chi connectivity index (χ3v) is 2.72. The van der Waals surface area contributed by atoms with E-state index in [9.17, 15) is 0 Å². The first kappa shape index (κ1) is 7.85. The van der Waals surface area contributed by atoms with E-state index in [0.29, 0.717) is 0 Å². The minimum Gasteiger partial charge on any atom is -0.0807 e. The molecule has 2 aliphatic carbocycles. The second-order valence-electron chi connectivity index (χ2n) is 3.65. The molecule has 0 heterocycles. The van der Waals surface area contributed by atoms with Gasteiger partial charge in [-0.25, -0.2) is 0 Å². The van der Waals surface area contributed by atoms with Crippen molar-refractivity contribution in [3.8, 4) is 0 Å². The van der Waals surface area contributed by atoms with Gasteiger partial charge in [0.25, 0.3) is 0 Å². The van der Waals surface area contributed by atoms with E-state index in [-0.39, 0.29) is 0 Å². The van der Waals surface area contributed by atoms with Crippen LogP contribution in [-0.2, 0) is 0 Å². The Balaban J connectivity index is 2.19. The van der Waals surface area contributed by atoms with Crippen molar-refractivity contribution in [2.24, 2.45) is 0 Å². The molecular formula is C12H16. The molecule has 0 aromatic heterocycles. The first-order valence-corrected chi connectivity index (χ1v) is 5.02. The maximum atomic E-state index is 2.44. The van der Waals surface area contributed by atoms with Gasteiger partial charge in [0.15, 0.2) is 0 Å². The van der Waals surface area contributed by atoms with Crippen LogP contribution in [0.4, 0.5) is 0 Å². The minimum atomic E-state index is 1.17. The SMILES string of the molecule is C1=CCC2=CCCCCCC2=C1. The normalized spacial score (nSPS) is 23.3.